The van der Waals surface area contributed by atoms with Crippen molar-refractivity contribution in [2.75, 3.05) is 11.1 Å². The molecule has 4 rings (SSSR count). The minimum atomic E-state index is -4.11. The van der Waals surface area contributed by atoms with Gasteiger partial charge in [-0.15, -0.1) is 0 Å². The quantitative estimate of drug-likeness (QED) is 0.123. The molecular formula is C24H19BrN4O6S2. The molecular weight excluding hydrogens is 584 g/mol. The summed E-state index contributed by atoms with van der Waals surface area (Å²) < 4.78 is 36.4. The van der Waals surface area contributed by atoms with Gasteiger partial charge in [0.15, 0.2) is 11.3 Å². The molecule has 2 N–H and O–H groups in total. The van der Waals surface area contributed by atoms with Crippen molar-refractivity contribution in [2.45, 2.75) is 17.0 Å². The lowest BCUT2D eigenvalue weighted by Gasteiger charge is -2.10. The van der Waals surface area contributed by atoms with Gasteiger partial charge in [0.25, 0.3) is 11.1 Å². The fourth-order valence-corrected chi connectivity index (χ4v) is 5.15. The summed E-state index contributed by atoms with van der Waals surface area (Å²) in [4.78, 5) is 27.4. The summed E-state index contributed by atoms with van der Waals surface area (Å²) in [6.45, 7) is 1.36. The number of rotatable bonds is 9. The maximum Gasteiger partial charge on any atom is 0.339 e. The zero-order valence-electron chi connectivity index (χ0n) is 19.2. The summed E-state index contributed by atoms with van der Waals surface area (Å²) in [5, 5.41) is 6.87. The summed E-state index contributed by atoms with van der Waals surface area (Å²) in [5.74, 6) is -0.484. The highest BCUT2D eigenvalue weighted by Crippen LogP contribution is 2.29. The SMILES string of the molecule is CC(=O)Nc1ccc(S(=O)(=O)Oc2ccc(/C=N\NC(=O)CSc3nc4ccccc4o3)cc2Br)cc1. The van der Waals surface area contributed by atoms with Crippen LogP contribution in [0.5, 0.6) is 5.75 Å². The number of oxazole rings is 1. The van der Waals surface area contributed by atoms with Crippen molar-refractivity contribution >= 4 is 72.6 Å². The van der Waals surface area contributed by atoms with E-state index in [4.69, 9.17) is 8.60 Å². The molecule has 1 heterocycles. The molecule has 0 radical (unpaired) electrons. The Morgan fingerprint density at radius 2 is 1.89 bits per heavy atom. The average Bonchev–Trinajstić information content (AvgIpc) is 3.27. The fraction of sp³-hybridized carbons (Fsp3) is 0.0833. The molecule has 0 aliphatic heterocycles. The number of fused-ring (bicyclic) bond motifs is 1. The van der Waals surface area contributed by atoms with Crippen LogP contribution in [0.3, 0.4) is 0 Å². The molecule has 0 saturated carbocycles. The Bertz CT molecular complexity index is 1550. The lowest BCUT2D eigenvalue weighted by atomic mass is 10.2. The molecule has 1 aromatic heterocycles. The Labute approximate surface area is 224 Å². The zero-order valence-corrected chi connectivity index (χ0v) is 22.4. The minimum Gasteiger partial charge on any atom is -0.431 e. The fourth-order valence-electron chi connectivity index (χ4n) is 2.99. The van der Waals surface area contributed by atoms with E-state index in [2.05, 4.69) is 36.8 Å². The molecule has 0 saturated heterocycles. The van der Waals surface area contributed by atoms with E-state index in [0.29, 0.717) is 32.0 Å². The normalized spacial score (nSPS) is 11.5. The molecule has 3 aromatic carbocycles. The number of hydrogen-bond acceptors (Lipinski definition) is 9. The van der Waals surface area contributed by atoms with Crippen LogP contribution in [-0.4, -0.2) is 37.2 Å². The highest BCUT2D eigenvalue weighted by molar-refractivity contribution is 9.10. The second kappa shape index (κ2) is 11.6. The van der Waals surface area contributed by atoms with Crippen LogP contribution in [0, 0.1) is 0 Å². The maximum atomic E-state index is 12.6. The number of halogens is 1. The summed E-state index contributed by atoms with van der Waals surface area (Å²) >= 11 is 4.44. The predicted molar refractivity (Wildman–Crippen MR) is 143 cm³/mol. The van der Waals surface area contributed by atoms with Gasteiger partial charge >= 0.3 is 10.1 Å². The number of carbonyl (C=O) groups excluding carboxylic acids is 2. The number of benzene rings is 3. The van der Waals surface area contributed by atoms with Gasteiger partial charge in [0, 0.05) is 12.6 Å². The van der Waals surface area contributed by atoms with E-state index in [1.165, 1.54) is 43.5 Å². The summed E-state index contributed by atoms with van der Waals surface area (Å²) in [5.41, 5.74) is 4.83. The van der Waals surface area contributed by atoms with Gasteiger partial charge in [0.1, 0.15) is 10.4 Å². The number of thioether (sulfide) groups is 1. The van der Waals surface area contributed by atoms with E-state index in [-0.39, 0.29) is 28.2 Å². The van der Waals surface area contributed by atoms with Crippen molar-refractivity contribution < 1.29 is 26.6 Å². The second-order valence-electron chi connectivity index (χ2n) is 7.46. The summed E-state index contributed by atoms with van der Waals surface area (Å²) in [7, 11) is -4.11. The van der Waals surface area contributed by atoms with Crippen molar-refractivity contribution in [3.8, 4) is 5.75 Å². The standard InChI is InChI=1S/C24H19BrN4O6S2/c1-15(30)27-17-7-9-18(10-8-17)37(32,33)35-21-11-6-16(12-19(21)25)13-26-29-23(31)14-36-24-28-20-4-2-3-5-22(20)34-24/h2-13H,14H2,1H3,(H,27,30)(H,29,31)/b26-13-. The van der Waals surface area contributed by atoms with Gasteiger partial charge in [-0.25, -0.2) is 10.4 Å². The average molecular weight is 603 g/mol. The molecule has 0 spiro atoms. The van der Waals surface area contributed by atoms with Crippen LogP contribution >= 0.6 is 27.7 Å². The van der Waals surface area contributed by atoms with E-state index in [0.717, 1.165) is 11.8 Å². The highest BCUT2D eigenvalue weighted by atomic mass is 79.9. The van der Waals surface area contributed by atoms with E-state index >= 15 is 0 Å². The third kappa shape index (κ3) is 7.18. The molecule has 0 aliphatic rings. The predicted octanol–water partition coefficient (Wildman–Crippen LogP) is 4.56. The molecule has 0 atom stereocenters. The van der Waals surface area contributed by atoms with Crippen LogP contribution in [0.15, 0.2) is 90.8 Å². The molecule has 37 heavy (non-hydrogen) atoms. The molecule has 2 amide bonds. The van der Waals surface area contributed by atoms with Crippen LogP contribution in [0.1, 0.15) is 12.5 Å². The monoisotopic (exact) mass is 602 g/mol. The van der Waals surface area contributed by atoms with Crippen LogP contribution in [0.25, 0.3) is 11.1 Å². The van der Waals surface area contributed by atoms with Gasteiger partial charge in [-0.1, -0.05) is 23.9 Å². The first kappa shape index (κ1) is 26.4. The summed E-state index contributed by atoms with van der Waals surface area (Å²) in [6, 6.07) is 17.5. The number of nitrogens with one attached hydrogen (secondary N) is 2. The molecule has 0 fully saturated rings. The van der Waals surface area contributed by atoms with Gasteiger partial charge < -0.3 is 13.9 Å². The Kier molecular flexibility index (Phi) is 8.26. The Balaban J connectivity index is 1.31. The van der Waals surface area contributed by atoms with E-state index in [1.807, 2.05) is 18.2 Å². The van der Waals surface area contributed by atoms with Gasteiger partial charge in [-0.2, -0.15) is 13.5 Å². The first-order valence-corrected chi connectivity index (χ1v) is 13.8. The first-order chi connectivity index (χ1) is 17.7. The zero-order chi connectivity index (χ0) is 26.4. The summed E-state index contributed by atoms with van der Waals surface area (Å²) in [6.07, 6.45) is 1.41. The minimum absolute atomic E-state index is 0.0598. The molecule has 10 nitrogen and oxygen atoms in total. The Hall–Kier alpha value is -3.68. The largest absolute Gasteiger partial charge is 0.431 e. The second-order valence-corrected chi connectivity index (χ2v) is 10.8. The number of nitrogens with zero attached hydrogens (tertiary/aromatic N) is 2. The van der Waals surface area contributed by atoms with Crippen molar-refractivity contribution in [2.24, 2.45) is 5.10 Å². The molecule has 0 unspecified atom stereocenters. The molecule has 13 heteroatoms. The third-order valence-corrected chi connectivity index (χ3v) is 7.32. The lowest BCUT2D eigenvalue weighted by Crippen LogP contribution is -2.19. The molecule has 4 aromatic rings. The number of aromatic nitrogens is 1. The number of amides is 2. The van der Waals surface area contributed by atoms with Crippen molar-refractivity contribution in [1.82, 2.24) is 10.4 Å². The molecule has 190 valence electrons. The van der Waals surface area contributed by atoms with Crippen molar-refractivity contribution in [3.05, 3.63) is 76.8 Å². The topological polar surface area (TPSA) is 140 Å². The highest BCUT2D eigenvalue weighted by Gasteiger charge is 2.18. The van der Waals surface area contributed by atoms with E-state index < -0.39 is 10.1 Å². The number of hydrazone groups is 1. The first-order valence-electron chi connectivity index (χ1n) is 10.6. The van der Waals surface area contributed by atoms with Crippen molar-refractivity contribution in [1.29, 1.82) is 0 Å². The number of para-hydroxylation sites is 2. The Morgan fingerprint density at radius 1 is 1.14 bits per heavy atom. The Morgan fingerprint density at radius 3 is 2.59 bits per heavy atom. The number of hydrogen-bond donors (Lipinski definition) is 2. The van der Waals surface area contributed by atoms with Gasteiger partial charge in [-0.3, -0.25) is 9.59 Å². The number of carbonyl (C=O) groups is 2. The maximum absolute atomic E-state index is 12.6. The van der Waals surface area contributed by atoms with Gasteiger partial charge in [0.05, 0.1) is 16.4 Å². The van der Waals surface area contributed by atoms with Crippen LogP contribution in [-0.2, 0) is 19.7 Å². The number of anilines is 1. The third-order valence-electron chi connectivity index (χ3n) is 4.62. The van der Waals surface area contributed by atoms with Crippen LogP contribution < -0.4 is 14.9 Å². The van der Waals surface area contributed by atoms with Crippen LogP contribution in [0.4, 0.5) is 5.69 Å². The van der Waals surface area contributed by atoms with E-state index in [1.54, 1.807) is 18.2 Å². The molecule has 0 bridgehead atoms. The van der Waals surface area contributed by atoms with Crippen molar-refractivity contribution in [3.63, 3.8) is 0 Å². The van der Waals surface area contributed by atoms with Crippen LogP contribution in [0.2, 0.25) is 0 Å². The molecule has 0 aliphatic carbocycles. The van der Waals surface area contributed by atoms with Gasteiger partial charge in [-0.05, 0) is 76.1 Å². The lowest BCUT2D eigenvalue weighted by molar-refractivity contribution is -0.118. The smallest absolute Gasteiger partial charge is 0.339 e. The van der Waals surface area contributed by atoms with E-state index in [9.17, 15) is 18.0 Å². The van der Waals surface area contributed by atoms with Gasteiger partial charge in [0.2, 0.25) is 5.91 Å².